The van der Waals surface area contributed by atoms with E-state index in [1.54, 1.807) is 0 Å². The van der Waals surface area contributed by atoms with Crippen molar-refractivity contribution in [1.82, 2.24) is 0 Å². The van der Waals surface area contributed by atoms with Crippen LogP contribution < -0.4 is 0 Å². The van der Waals surface area contributed by atoms with Gasteiger partial charge in [-0.3, -0.25) is 14.4 Å². The van der Waals surface area contributed by atoms with Gasteiger partial charge in [0.25, 0.3) is 0 Å². The molecule has 0 aliphatic heterocycles. The standard InChI is InChI=1S/C18H24O6/c1-11-7-13(10-24-12(2)19)5-6-14-8-18(9-15(11)14,16(20)22-3)17(21)23-4/h5-6,13-14H,7-10H2,1-4H3/t13-,14-/m1/s1. The van der Waals surface area contributed by atoms with Gasteiger partial charge in [-0.05, 0) is 32.1 Å². The molecular weight excluding hydrogens is 312 g/mol. The minimum Gasteiger partial charge on any atom is -0.468 e. The smallest absolute Gasteiger partial charge is 0.323 e. The Hall–Kier alpha value is -2.11. The van der Waals surface area contributed by atoms with E-state index in [0.717, 1.165) is 17.6 Å². The number of hydrogen-bond donors (Lipinski definition) is 0. The summed E-state index contributed by atoms with van der Waals surface area (Å²) in [5.74, 6) is -1.29. The molecule has 0 heterocycles. The van der Waals surface area contributed by atoms with Crippen molar-refractivity contribution in [2.75, 3.05) is 20.8 Å². The fraction of sp³-hybridized carbons (Fsp3) is 0.611. The van der Waals surface area contributed by atoms with Crippen molar-refractivity contribution in [3.63, 3.8) is 0 Å². The normalized spacial score (nSPS) is 24.8. The van der Waals surface area contributed by atoms with Crippen LogP contribution in [0, 0.1) is 17.3 Å². The van der Waals surface area contributed by atoms with Crippen LogP contribution in [0.3, 0.4) is 0 Å². The SMILES string of the molecule is COC(=O)C1(C(=O)OC)CC2=C(C)C[C@H](COC(C)=O)C=C[C@@H]2C1. The number of esters is 3. The fourth-order valence-corrected chi connectivity index (χ4v) is 3.69. The van der Waals surface area contributed by atoms with E-state index in [1.165, 1.54) is 21.1 Å². The molecule has 2 rings (SSSR count). The van der Waals surface area contributed by atoms with E-state index in [0.29, 0.717) is 19.4 Å². The van der Waals surface area contributed by atoms with Crippen molar-refractivity contribution in [3.05, 3.63) is 23.3 Å². The van der Waals surface area contributed by atoms with Crippen LogP contribution in [-0.4, -0.2) is 38.7 Å². The van der Waals surface area contributed by atoms with E-state index in [1.807, 2.05) is 19.1 Å². The third-order valence-corrected chi connectivity index (χ3v) is 4.89. The average Bonchev–Trinajstić information content (AvgIpc) is 2.90. The summed E-state index contributed by atoms with van der Waals surface area (Å²) in [6.45, 7) is 3.73. The van der Waals surface area contributed by atoms with Gasteiger partial charge in [0, 0.05) is 12.8 Å². The van der Waals surface area contributed by atoms with E-state index < -0.39 is 17.4 Å². The molecule has 24 heavy (non-hydrogen) atoms. The Labute approximate surface area is 141 Å². The van der Waals surface area contributed by atoms with Gasteiger partial charge in [0.1, 0.15) is 0 Å². The number of carbonyl (C=O) groups is 3. The maximum atomic E-state index is 12.3. The molecule has 0 aromatic carbocycles. The first-order chi connectivity index (χ1) is 11.3. The van der Waals surface area contributed by atoms with Gasteiger partial charge >= 0.3 is 17.9 Å². The first-order valence-electron chi connectivity index (χ1n) is 8.01. The second-order valence-corrected chi connectivity index (χ2v) is 6.51. The molecule has 132 valence electrons. The van der Waals surface area contributed by atoms with Crippen molar-refractivity contribution in [3.8, 4) is 0 Å². The Kier molecular flexibility index (Phi) is 5.47. The average molecular weight is 336 g/mol. The summed E-state index contributed by atoms with van der Waals surface area (Å²) >= 11 is 0. The Balaban J connectivity index is 2.26. The zero-order valence-electron chi connectivity index (χ0n) is 14.6. The van der Waals surface area contributed by atoms with Gasteiger partial charge in [0.05, 0.1) is 20.8 Å². The van der Waals surface area contributed by atoms with Crippen LogP contribution in [0.25, 0.3) is 0 Å². The molecule has 0 bridgehead atoms. The van der Waals surface area contributed by atoms with Crippen molar-refractivity contribution in [2.24, 2.45) is 17.3 Å². The molecular formula is C18H24O6. The highest BCUT2D eigenvalue weighted by Crippen LogP contribution is 2.50. The molecule has 0 radical (unpaired) electrons. The van der Waals surface area contributed by atoms with Gasteiger partial charge in [0.2, 0.25) is 0 Å². The number of ether oxygens (including phenoxy) is 3. The minimum absolute atomic E-state index is 0.00877. The summed E-state index contributed by atoms with van der Waals surface area (Å²) in [6.07, 6.45) is 5.40. The van der Waals surface area contributed by atoms with E-state index in [-0.39, 0.29) is 17.8 Å². The fourth-order valence-electron chi connectivity index (χ4n) is 3.69. The summed E-state index contributed by atoms with van der Waals surface area (Å²) in [4.78, 5) is 35.6. The second-order valence-electron chi connectivity index (χ2n) is 6.51. The predicted molar refractivity (Wildman–Crippen MR) is 85.8 cm³/mol. The number of methoxy groups -OCH3 is 2. The van der Waals surface area contributed by atoms with Crippen molar-refractivity contribution >= 4 is 17.9 Å². The van der Waals surface area contributed by atoms with Crippen LogP contribution in [0.5, 0.6) is 0 Å². The van der Waals surface area contributed by atoms with Gasteiger partial charge in [-0.1, -0.05) is 23.3 Å². The van der Waals surface area contributed by atoms with Crippen LogP contribution in [0.1, 0.15) is 33.1 Å². The molecule has 6 nitrogen and oxygen atoms in total. The molecule has 1 saturated carbocycles. The summed E-state index contributed by atoms with van der Waals surface area (Å²) in [7, 11) is 2.57. The number of allylic oxidation sites excluding steroid dienone is 3. The Morgan fingerprint density at radius 3 is 2.33 bits per heavy atom. The van der Waals surface area contributed by atoms with E-state index in [4.69, 9.17) is 14.2 Å². The largest absolute Gasteiger partial charge is 0.468 e. The lowest BCUT2D eigenvalue weighted by Gasteiger charge is -2.23. The highest BCUT2D eigenvalue weighted by Gasteiger charge is 2.55. The molecule has 1 fully saturated rings. The third kappa shape index (κ3) is 3.37. The van der Waals surface area contributed by atoms with Crippen LogP contribution >= 0.6 is 0 Å². The highest BCUT2D eigenvalue weighted by atomic mass is 16.5. The highest BCUT2D eigenvalue weighted by molar-refractivity contribution is 6.01. The van der Waals surface area contributed by atoms with Gasteiger partial charge < -0.3 is 14.2 Å². The van der Waals surface area contributed by atoms with Crippen LogP contribution in [-0.2, 0) is 28.6 Å². The lowest BCUT2D eigenvalue weighted by Crippen LogP contribution is -2.39. The molecule has 2 atom stereocenters. The lowest BCUT2D eigenvalue weighted by atomic mass is 9.84. The summed E-state index contributed by atoms with van der Waals surface area (Å²) in [5.41, 5.74) is 0.932. The second kappa shape index (κ2) is 7.20. The van der Waals surface area contributed by atoms with Crippen LogP contribution in [0.2, 0.25) is 0 Å². The van der Waals surface area contributed by atoms with E-state index >= 15 is 0 Å². The van der Waals surface area contributed by atoms with E-state index in [2.05, 4.69) is 0 Å². The third-order valence-electron chi connectivity index (χ3n) is 4.89. The first kappa shape index (κ1) is 18.2. The molecule has 0 saturated heterocycles. The Morgan fingerprint density at radius 2 is 1.79 bits per heavy atom. The molecule has 0 aromatic heterocycles. The number of carbonyl (C=O) groups excluding carboxylic acids is 3. The maximum absolute atomic E-state index is 12.3. The quantitative estimate of drug-likeness (QED) is 0.339. The summed E-state index contributed by atoms with van der Waals surface area (Å²) in [6, 6.07) is 0. The minimum atomic E-state index is -1.27. The van der Waals surface area contributed by atoms with Crippen molar-refractivity contribution in [2.45, 2.75) is 33.1 Å². The Morgan fingerprint density at radius 1 is 1.17 bits per heavy atom. The first-order valence-corrected chi connectivity index (χ1v) is 8.01. The van der Waals surface area contributed by atoms with E-state index in [9.17, 15) is 14.4 Å². The molecule has 0 amide bonds. The van der Waals surface area contributed by atoms with Gasteiger partial charge in [-0.15, -0.1) is 0 Å². The molecule has 2 aliphatic carbocycles. The van der Waals surface area contributed by atoms with Gasteiger partial charge in [-0.2, -0.15) is 0 Å². The summed E-state index contributed by atoms with van der Waals surface area (Å²) < 4.78 is 14.8. The van der Waals surface area contributed by atoms with Crippen molar-refractivity contribution < 1.29 is 28.6 Å². The number of rotatable bonds is 4. The molecule has 0 aromatic rings. The zero-order valence-corrected chi connectivity index (χ0v) is 14.6. The number of hydrogen-bond acceptors (Lipinski definition) is 6. The Bertz CT molecular complexity index is 585. The molecule has 0 spiro atoms. The summed E-state index contributed by atoms with van der Waals surface area (Å²) in [5, 5.41) is 0. The molecule has 0 N–H and O–H groups in total. The van der Waals surface area contributed by atoms with Crippen LogP contribution in [0.4, 0.5) is 0 Å². The monoisotopic (exact) mass is 336 g/mol. The number of fused-ring (bicyclic) bond motifs is 1. The zero-order chi connectivity index (χ0) is 17.9. The van der Waals surface area contributed by atoms with Crippen molar-refractivity contribution in [1.29, 1.82) is 0 Å². The van der Waals surface area contributed by atoms with Crippen LogP contribution in [0.15, 0.2) is 23.3 Å². The lowest BCUT2D eigenvalue weighted by molar-refractivity contribution is -0.168. The molecule has 2 aliphatic rings. The van der Waals surface area contributed by atoms with Gasteiger partial charge in [-0.25, -0.2) is 0 Å². The molecule has 6 heteroatoms. The van der Waals surface area contributed by atoms with Gasteiger partial charge in [0.15, 0.2) is 5.41 Å². The molecule has 0 unspecified atom stereocenters. The predicted octanol–water partition coefficient (Wildman–Crippen LogP) is 2.18. The maximum Gasteiger partial charge on any atom is 0.323 e. The topological polar surface area (TPSA) is 78.9 Å².